The van der Waals surface area contributed by atoms with E-state index in [4.69, 9.17) is 11.5 Å². The third-order valence-corrected chi connectivity index (χ3v) is 1.56. The number of amides is 1. The molecule has 5 heteroatoms. The van der Waals surface area contributed by atoms with Crippen molar-refractivity contribution in [1.82, 2.24) is 10.2 Å². The normalized spacial score (nSPS) is 9.50. The highest BCUT2D eigenvalue weighted by molar-refractivity contribution is 5.79. The quantitative estimate of drug-likeness (QED) is 0.545. The molecule has 0 heterocycles. The SMILES string of the molecule is C#CCNC(=O)CN(CC)CC(=O)O. The van der Waals surface area contributed by atoms with Gasteiger partial charge in [-0.3, -0.25) is 14.5 Å². The van der Waals surface area contributed by atoms with Crippen LogP contribution in [0.2, 0.25) is 0 Å². The molecular formula is C9H14N2O3. The second-order valence-corrected chi connectivity index (χ2v) is 2.68. The minimum Gasteiger partial charge on any atom is -0.480 e. The maximum absolute atomic E-state index is 11.1. The topological polar surface area (TPSA) is 69.6 Å². The number of rotatable bonds is 6. The van der Waals surface area contributed by atoms with Crippen LogP contribution in [0.3, 0.4) is 0 Å². The van der Waals surface area contributed by atoms with Gasteiger partial charge in [0.2, 0.25) is 5.91 Å². The maximum atomic E-state index is 11.1. The van der Waals surface area contributed by atoms with Crippen molar-refractivity contribution < 1.29 is 14.7 Å². The van der Waals surface area contributed by atoms with E-state index < -0.39 is 5.97 Å². The molecule has 0 spiro atoms. The molecule has 0 radical (unpaired) electrons. The van der Waals surface area contributed by atoms with Crippen molar-refractivity contribution in [2.75, 3.05) is 26.2 Å². The van der Waals surface area contributed by atoms with Crippen molar-refractivity contribution >= 4 is 11.9 Å². The third kappa shape index (κ3) is 6.03. The Hall–Kier alpha value is -1.54. The van der Waals surface area contributed by atoms with Crippen LogP contribution in [0.1, 0.15) is 6.92 Å². The largest absolute Gasteiger partial charge is 0.480 e. The number of hydrogen-bond acceptors (Lipinski definition) is 3. The molecule has 5 nitrogen and oxygen atoms in total. The van der Waals surface area contributed by atoms with Crippen molar-refractivity contribution in [3.63, 3.8) is 0 Å². The highest BCUT2D eigenvalue weighted by Gasteiger charge is 2.11. The van der Waals surface area contributed by atoms with E-state index in [9.17, 15) is 9.59 Å². The number of likely N-dealkylation sites (N-methyl/N-ethyl adjacent to an activating group) is 1. The van der Waals surface area contributed by atoms with Crippen molar-refractivity contribution in [1.29, 1.82) is 0 Å². The molecule has 0 saturated carbocycles. The summed E-state index contributed by atoms with van der Waals surface area (Å²) in [4.78, 5) is 23.0. The van der Waals surface area contributed by atoms with E-state index in [1.807, 2.05) is 0 Å². The standard InChI is InChI=1S/C9H14N2O3/c1-3-5-10-8(12)6-11(4-2)7-9(13)14/h1H,4-7H2,2H3,(H,10,12)(H,13,14). The fourth-order valence-electron chi connectivity index (χ4n) is 0.879. The van der Waals surface area contributed by atoms with Crippen LogP contribution in [0.15, 0.2) is 0 Å². The molecule has 0 atom stereocenters. The van der Waals surface area contributed by atoms with E-state index in [0.29, 0.717) is 6.54 Å². The van der Waals surface area contributed by atoms with Gasteiger partial charge in [0, 0.05) is 0 Å². The van der Waals surface area contributed by atoms with Gasteiger partial charge in [-0.05, 0) is 6.54 Å². The Morgan fingerprint density at radius 3 is 2.57 bits per heavy atom. The minimum atomic E-state index is -0.948. The summed E-state index contributed by atoms with van der Waals surface area (Å²) in [5.74, 6) is 1.06. The first kappa shape index (κ1) is 12.5. The van der Waals surface area contributed by atoms with Gasteiger partial charge in [0.1, 0.15) is 0 Å². The van der Waals surface area contributed by atoms with Crippen molar-refractivity contribution in [2.45, 2.75) is 6.92 Å². The Morgan fingerprint density at radius 1 is 1.50 bits per heavy atom. The van der Waals surface area contributed by atoms with E-state index >= 15 is 0 Å². The summed E-state index contributed by atoms with van der Waals surface area (Å²) in [7, 11) is 0. The second-order valence-electron chi connectivity index (χ2n) is 2.68. The van der Waals surface area contributed by atoms with Gasteiger partial charge in [0.25, 0.3) is 0 Å². The molecule has 0 aliphatic rings. The molecule has 0 bridgehead atoms. The zero-order valence-corrected chi connectivity index (χ0v) is 8.12. The first-order valence-corrected chi connectivity index (χ1v) is 4.24. The molecule has 0 aromatic rings. The number of nitrogens with one attached hydrogen (secondary N) is 1. The van der Waals surface area contributed by atoms with Gasteiger partial charge in [-0.1, -0.05) is 12.8 Å². The Kier molecular flexibility index (Phi) is 6.16. The molecule has 0 unspecified atom stereocenters. The van der Waals surface area contributed by atoms with Crippen molar-refractivity contribution in [3.8, 4) is 12.3 Å². The van der Waals surface area contributed by atoms with E-state index in [1.165, 1.54) is 4.90 Å². The molecule has 1 amide bonds. The molecular weight excluding hydrogens is 184 g/mol. The summed E-state index contributed by atoms with van der Waals surface area (Å²) >= 11 is 0. The molecule has 2 N–H and O–H groups in total. The molecule has 78 valence electrons. The number of carboxylic acids is 1. The molecule has 0 saturated heterocycles. The molecule has 0 rings (SSSR count). The van der Waals surface area contributed by atoms with Crippen LogP contribution in [-0.4, -0.2) is 48.1 Å². The van der Waals surface area contributed by atoms with Crippen LogP contribution in [0, 0.1) is 12.3 Å². The average Bonchev–Trinajstić information content (AvgIpc) is 2.12. The van der Waals surface area contributed by atoms with Crippen LogP contribution in [0.4, 0.5) is 0 Å². The fourth-order valence-corrected chi connectivity index (χ4v) is 0.879. The van der Waals surface area contributed by atoms with Crippen LogP contribution < -0.4 is 5.32 Å². The van der Waals surface area contributed by atoms with E-state index in [0.717, 1.165) is 0 Å². The molecule has 0 aliphatic carbocycles. The summed E-state index contributed by atoms with van der Waals surface area (Å²) in [6, 6.07) is 0. The Balaban J connectivity index is 3.87. The zero-order chi connectivity index (χ0) is 11.0. The van der Waals surface area contributed by atoms with E-state index in [1.54, 1.807) is 6.92 Å². The number of aliphatic carboxylic acids is 1. The van der Waals surface area contributed by atoms with Crippen molar-refractivity contribution in [2.24, 2.45) is 0 Å². The highest BCUT2D eigenvalue weighted by atomic mass is 16.4. The summed E-state index contributed by atoms with van der Waals surface area (Å²) in [5.41, 5.74) is 0. The van der Waals surface area contributed by atoms with Crippen molar-refractivity contribution in [3.05, 3.63) is 0 Å². The summed E-state index contributed by atoms with van der Waals surface area (Å²) in [6.45, 7) is 2.39. The molecule has 0 aromatic carbocycles. The van der Waals surface area contributed by atoms with Gasteiger partial charge >= 0.3 is 5.97 Å². The van der Waals surface area contributed by atoms with Gasteiger partial charge in [-0.2, -0.15) is 0 Å². The average molecular weight is 198 g/mol. The Bertz CT molecular complexity index is 245. The number of carbonyl (C=O) groups is 2. The number of terminal acetylenes is 1. The minimum absolute atomic E-state index is 0.0600. The second kappa shape index (κ2) is 6.92. The molecule has 0 aliphatic heterocycles. The zero-order valence-electron chi connectivity index (χ0n) is 8.12. The Labute approximate surface area is 83.1 Å². The molecule has 0 aromatic heterocycles. The van der Waals surface area contributed by atoms with Crippen LogP contribution >= 0.6 is 0 Å². The smallest absolute Gasteiger partial charge is 0.317 e. The number of carboxylic acid groups (broad SMARTS) is 1. The van der Waals surface area contributed by atoms with Gasteiger partial charge in [-0.25, -0.2) is 0 Å². The lowest BCUT2D eigenvalue weighted by Crippen LogP contribution is -2.39. The van der Waals surface area contributed by atoms with Gasteiger partial charge in [0.15, 0.2) is 0 Å². The monoisotopic (exact) mass is 198 g/mol. The first-order valence-electron chi connectivity index (χ1n) is 4.24. The first-order chi connectivity index (χ1) is 6.60. The van der Waals surface area contributed by atoms with E-state index in [-0.39, 0.29) is 25.5 Å². The number of hydrogen-bond donors (Lipinski definition) is 2. The summed E-state index contributed by atoms with van der Waals surface area (Å²) in [6.07, 6.45) is 4.95. The lowest BCUT2D eigenvalue weighted by Gasteiger charge is -2.16. The number of nitrogens with zero attached hydrogens (tertiary/aromatic N) is 1. The van der Waals surface area contributed by atoms with Gasteiger partial charge < -0.3 is 10.4 Å². The lowest BCUT2D eigenvalue weighted by atomic mass is 10.4. The molecule has 14 heavy (non-hydrogen) atoms. The van der Waals surface area contributed by atoms with Crippen LogP contribution in [0.5, 0.6) is 0 Å². The van der Waals surface area contributed by atoms with Crippen LogP contribution in [0.25, 0.3) is 0 Å². The summed E-state index contributed by atoms with van der Waals surface area (Å²) < 4.78 is 0. The third-order valence-electron chi connectivity index (χ3n) is 1.56. The van der Waals surface area contributed by atoms with E-state index in [2.05, 4.69) is 11.2 Å². The predicted octanol–water partition coefficient (Wildman–Crippen LogP) is -0.858. The summed E-state index contributed by atoms with van der Waals surface area (Å²) in [5, 5.41) is 11.0. The number of carbonyl (C=O) groups excluding carboxylic acids is 1. The van der Waals surface area contributed by atoms with Gasteiger partial charge in [0.05, 0.1) is 19.6 Å². The predicted molar refractivity (Wildman–Crippen MR) is 51.6 cm³/mol. The highest BCUT2D eigenvalue weighted by Crippen LogP contribution is 1.86. The molecule has 0 fully saturated rings. The fraction of sp³-hybridized carbons (Fsp3) is 0.556. The maximum Gasteiger partial charge on any atom is 0.317 e. The lowest BCUT2D eigenvalue weighted by molar-refractivity contribution is -0.138. The van der Waals surface area contributed by atoms with Gasteiger partial charge in [-0.15, -0.1) is 6.42 Å². The van der Waals surface area contributed by atoms with Crippen LogP contribution in [-0.2, 0) is 9.59 Å². The Morgan fingerprint density at radius 2 is 2.14 bits per heavy atom.